The topological polar surface area (TPSA) is 122 Å². The number of nitrogens with zero attached hydrogens (tertiary/aromatic N) is 4. The second kappa shape index (κ2) is 17.1. The molecule has 0 aromatic heterocycles. The second-order valence-electron chi connectivity index (χ2n) is 10.2. The number of Topliss-reactive ketones (excluding diaryl/α,β-unsaturated/α-hetero) is 2. The third-order valence-corrected chi connectivity index (χ3v) is 7.52. The monoisotopic (exact) mass is 530 g/mol. The van der Waals surface area contributed by atoms with Crippen LogP contribution in [0.5, 0.6) is 0 Å². The summed E-state index contributed by atoms with van der Waals surface area (Å²) < 4.78 is 0. The van der Waals surface area contributed by atoms with Crippen molar-refractivity contribution in [2.24, 2.45) is 10.8 Å². The van der Waals surface area contributed by atoms with E-state index in [0.29, 0.717) is 38.2 Å². The van der Waals surface area contributed by atoms with Crippen LogP contribution in [0, 0.1) is 34.0 Å². The first-order valence-electron chi connectivity index (χ1n) is 12.2. The third-order valence-electron chi connectivity index (χ3n) is 7.17. The average molecular weight is 531 g/mol. The fourth-order valence-corrected chi connectivity index (χ4v) is 4.17. The summed E-state index contributed by atoms with van der Waals surface area (Å²) in [6, 6.07) is 2.06. The largest absolute Gasteiger partial charge is 1.00 e. The standard InChI is InChI=1S/C13H20N2O2.C12H20ClNO2.CN.Na/c1-4-13(2,3)11(16)12(17)15-9-5-6-10(15)7-8-14;1-4-12(2,3)10(15)11(16)14-7-5-6-9(14)8-13;1-2;/h10H,4-7,9H2,1-3H3;9H,4-8H2,1-3H3;;/q;;-1;+1/t;9-;;/m.0../s1. The van der Waals surface area contributed by atoms with Crippen molar-refractivity contribution < 1.29 is 48.7 Å². The van der Waals surface area contributed by atoms with Gasteiger partial charge in [0.1, 0.15) is 0 Å². The molecule has 10 heteroatoms. The molecule has 0 radical (unpaired) electrons. The molecule has 0 aromatic carbocycles. The maximum Gasteiger partial charge on any atom is 1.00 e. The van der Waals surface area contributed by atoms with Gasteiger partial charge in [0.25, 0.3) is 11.8 Å². The Morgan fingerprint density at radius 2 is 1.22 bits per heavy atom. The number of likely N-dealkylation sites (tertiary alicyclic amines) is 2. The Balaban J connectivity index is 0. The van der Waals surface area contributed by atoms with E-state index < -0.39 is 16.7 Å². The van der Waals surface area contributed by atoms with Gasteiger partial charge in [0, 0.05) is 41.9 Å². The molecule has 2 atom stereocenters. The van der Waals surface area contributed by atoms with Gasteiger partial charge in [-0.3, -0.25) is 19.2 Å². The summed E-state index contributed by atoms with van der Waals surface area (Å²) >= 11 is 5.79. The van der Waals surface area contributed by atoms with E-state index >= 15 is 0 Å². The van der Waals surface area contributed by atoms with Crippen LogP contribution in [0.15, 0.2) is 0 Å². The van der Waals surface area contributed by atoms with Gasteiger partial charge in [-0.1, -0.05) is 41.5 Å². The van der Waals surface area contributed by atoms with E-state index in [-0.39, 0.29) is 59.1 Å². The minimum absolute atomic E-state index is 0. The zero-order valence-corrected chi connectivity index (χ0v) is 25.8. The average Bonchev–Trinajstić information content (AvgIpc) is 3.53. The molecule has 2 amide bonds. The van der Waals surface area contributed by atoms with Gasteiger partial charge in [-0.05, 0) is 38.5 Å². The van der Waals surface area contributed by atoms with Gasteiger partial charge in [-0.25, -0.2) is 0 Å². The summed E-state index contributed by atoms with van der Waals surface area (Å²) in [6.45, 7) is 17.1. The molecule has 2 aliphatic heterocycles. The molecule has 2 fully saturated rings. The molecule has 36 heavy (non-hydrogen) atoms. The van der Waals surface area contributed by atoms with E-state index in [1.165, 1.54) is 0 Å². The fourth-order valence-electron chi connectivity index (χ4n) is 3.85. The molecular weight excluding hydrogens is 491 g/mol. The number of rotatable bonds is 8. The van der Waals surface area contributed by atoms with Crippen molar-refractivity contribution >= 4 is 35.0 Å². The molecule has 8 nitrogen and oxygen atoms in total. The van der Waals surface area contributed by atoms with Crippen LogP contribution >= 0.6 is 11.6 Å². The van der Waals surface area contributed by atoms with E-state index in [4.69, 9.17) is 28.7 Å². The molecule has 196 valence electrons. The van der Waals surface area contributed by atoms with Crippen molar-refractivity contribution in [1.82, 2.24) is 9.80 Å². The molecule has 2 saturated heterocycles. The smallest absolute Gasteiger partial charge is 0.512 e. The molecule has 1 unspecified atom stereocenters. The van der Waals surface area contributed by atoms with E-state index in [1.807, 2.05) is 27.7 Å². The second-order valence-corrected chi connectivity index (χ2v) is 10.5. The van der Waals surface area contributed by atoms with Crippen LogP contribution in [0.25, 0.3) is 0 Å². The number of nitriles is 1. The number of carbonyl (C=O) groups excluding carboxylic acids is 4. The van der Waals surface area contributed by atoms with E-state index in [0.717, 1.165) is 25.7 Å². The summed E-state index contributed by atoms with van der Waals surface area (Å²) in [5.74, 6) is -0.951. The van der Waals surface area contributed by atoms with Crippen LogP contribution in [-0.2, 0) is 19.2 Å². The molecule has 0 aliphatic carbocycles. The number of carbonyl (C=O) groups is 4. The zero-order valence-electron chi connectivity index (χ0n) is 23.0. The minimum Gasteiger partial charge on any atom is -0.512 e. The molecule has 0 N–H and O–H groups in total. The van der Waals surface area contributed by atoms with Crippen molar-refractivity contribution in [3.05, 3.63) is 6.57 Å². The third kappa shape index (κ3) is 9.78. The SMILES string of the molecule is CCC(C)(C)C(=O)C(=O)N1CCCC1CC#N.CCC(C)(C)C(=O)C(=O)N1CCC[C@H]1CCl.[C-]#N.[Na+]. The molecular formula is C26H40ClN4NaO4. The number of halogens is 1. The van der Waals surface area contributed by atoms with Crippen molar-refractivity contribution in [2.75, 3.05) is 19.0 Å². The Morgan fingerprint density at radius 3 is 1.56 bits per heavy atom. The molecule has 0 spiro atoms. The Kier molecular flexibility index (Phi) is 17.5. The number of alkyl halides is 1. The zero-order chi connectivity index (χ0) is 27.4. The van der Waals surface area contributed by atoms with Crippen molar-refractivity contribution in [3.8, 4) is 6.07 Å². The van der Waals surface area contributed by atoms with Crippen LogP contribution in [0.3, 0.4) is 0 Å². The first kappa shape index (κ1) is 36.7. The van der Waals surface area contributed by atoms with Gasteiger partial charge < -0.3 is 21.6 Å². The number of hydrogen-bond donors (Lipinski definition) is 0. The minimum atomic E-state index is -0.600. The molecule has 2 heterocycles. The van der Waals surface area contributed by atoms with E-state index in [2.05, 4.69) is 6.07 Å². The number of hydrogen-bond acceptors (Lipinski definition) is 6. The molecule has 0 saturated carbocycles. The Morgan fingerprint density at radius 1 is 0.861 bits per heavy atom. The van der Waals surface area contributed by atoms with Crippen molar-refractivity contribution in [1.29, 1.82) is 10.5 Å². The van der Waals surface area contributed by atoms with Crippen molar-refractivity contribution in [2.45, 2.75) is 98.6 Å². The summed E-state index contributed by atoms with van der Waals surface area (Å²) in [4.78, 5) is 51.4. The van der Waals surface area contributed by atoms with Gasteiger partial charge in [0.15, 0.2) is 0 Å². The van der Waals surface area contributed by atoms with Gasteiger partial charge >= 0.3 is 29.6 Å². The summed E-state index contributed by atoms with van der Waals surface area (Å²) in [5, 5.41) is 14.9. The van der Waals surface area contributed by atoms with Gasteiger partial charge in [-0.2, -0.15) is 5.26 Å². The maximum atomic E-state index is 12.1. The Hall–Kier alpha value is -1.45. The first-order chi connectivity index (χ1) is 16.4. The summed E-state index contributed by atoms with van der Waals surface area (Å²) in [5.41, 5.74) is -1.16. The van der Waals surface area contributed by atoms with Crippen LogP contribution in [0.4, 0.5) is 0 Å². The van der Waals surface area contributed by atoms with Crippen molar-refractivity contribution in [3.63, 3.8) is 0 Å². The first-order valence-corrected chi connectivity index (χ1v) is 12.8. The maximum absolute atomic E-state index is 12.1. The summed E-state index contributed by atoms with van der Waals surface area (Å²) in [7, 11) is 0. The predicted octanol–water partition coefficient (Wildman–Crippen LogP) is 1.22. The molecule has 0 aromatic rings. The molecule has 2 aliphatic rings. The predicted molar refractivity (Wildman–Crippen MR) is 134 cm³/mol. The molecule has 0 bridgehead atoms. The fraction of sp³-hybridized carbons (Fsp3) is 0.769. The number of ketones is 2. The normalized spacial score (nSPS) is 19.0. The van der Waals surface area contributed by atoms with Crippen LogP contribution in [-0.4, -0.2) is 64.2 Å². The van der Waals surface area contributed by atoms with E-state index in [1.54, 1.807) is 23.6 Å². The van der Waals surface area contributed by atoms with Gasteiger partial charge in [-0.15, -0.1) is 11.6 Å². The van der Waals surface area contributed by atoms with Gasteiger partial charge in [0.05, 0.1) is 12.5 Å². The number of amides is 2. The van der Waals surface area contributed by atoms with E-state index in [9.17, 15) is 19.2 Å². The van der Waals surface area contributed by atoms with Gasteiger partial charge in [0.2, 0.25) is 11.6 Å². The van der Waals surface area contributed by atoms with Crippen LogP contribution in [0.1, 0.15) is 86.5 Å². The quantitative estimate of drug-likeness (QED) is 0.201. The summed E-state index contributed by atoms with van der Waals surface area (Å²) in [6.07, 6.45) is 5.23. The Bertz CT molecular complexity index is 822. The van der Waals surface area contributed by atoms with Crippen LogP contribution in [0.2, 0.25) is 0 Å². The molecule has 2 rings (SSSR count). The van der Waals surface area contributed by atoms with Crippen LogP contribution < -0.4 is 29.6 Å². The Labute approximate surface area is 244 Å².